The van der Waals surface area contributed by atoms with Crippen molar-refractivity contribution in [2.24, 2.45) is 0 Å². The Labute approximate surface area is 214 Å². The number of rotatable bonds is 6. The van der Waals surface area contributed by atoms with Crippen molar-refractivity contribution < 1.29 is 14.3 Å². The molecule has 2 fully saturated rings. The van der Waals surface area contributed by atoms with Crippen molar-refractivity contribution in [3.63, 3.8) is 0 Å². The molecule has 5 rings (SSSR count). The first kappa shape index (κ1) is 23.6. The number of ether oxygens (including phenoxy) is 2. The number of amides is 1. The van der Waals surface area contributed by atoms with E-state index in [9.17, 15) is 4.79 Å². The summed E-state index contributed by atoms with van der Waals surface area (Å²) in [4.78, 5) is 15.9. The van der Waals surface area contributed by atoms with Crippen molar-refractivity contribution in [2.75, 3.05) is 14.2 Å². The highest BCUT2D eigenvalue weighted by Crippen LogP contribution is 2.39. The van der Waals surface area contributed by atoms with Crippen LogP contribution in [0.25, 0.3) is 23.0 Å². The van der Waals surface area contributed by atoms with Crippen molar-refractivity contribution in [2.45, 2.75) is 38.1 Å². The molecule has 1 saturated heterocycles. The molecule has 0 N–H and O–H groups in total. The number of hydrogen-bond donors (Lipinski definition) is 0. The molecule has 0 bridgehead atoms. The number of nitrogens with zero attached hydrogens (tertiary/aromatic N) is 3. The number of thioether (sulfide) groups is 1. The summed E-state index contributed by atoms with van der Waals surface area (Å²) in [5.74, 6) is 1.26. The maximum atomic E-state index is 13.4. The second-order valence-corrected chi connectivity index (χ2v) is 10.3. The fraction of sp³-hybridized carbons (Fsp3) is 0.296. The Bertz CT molecular complexity index is 1280. The number of thiocarbonyl (C=S) groups is 1. The molecule has 0 atom stereocenters. The summed E-state index contributed by atoms with van der Waals surface area (Å²) in [5.41, 5.74) is 3.39. The molecule has 2 aromatic carbocycles. The van der Waals surface area contributed by atoms with E-state index < -0.39 is 0 Å². The van der Waals surface area contributed by atoms with Gasteiger partial charge in [-0.05, 0) is 49.2 Å². The zero-order valence-electron chi connectivity index (χ0n) is 19.8. The largest absolute Gasteiger partial charge is 0.493 e. The van der Waals surface area contributed by atoms with Gasteiger partial charge in [0, 0.05) is 23.4 Å². The predicted molar refractivity (Wildman–Crippen MR) is 144 cm³/mol. The molecule has 0 radical (unpaired) electrons. The van der Waals surface area contributed by atoms with Crippen LogP contribution in [0.15, 0.2) is 59.6 Å². The summed E-state index contributed by atoms with van der Waals surface area (Å²) in [7, 11) is 3.23. The first-order chi connectivity index (χ1) is 17.1. The van der Waals surface area contributed by atoms with E-state index in [2.05, 4.69) is 0 Å². The van der Waals surface area contributed by atoms with Crippen molar-refractivity contribution in [1.82, 2.24) is 14.7 Å². The Morgan fingerprint density at radius 1 is 1.03 bits per heavy atom. The molecule has 2 aliphatic rings. The summed E-state index contributed by atoms with van der Waals surface area (Å²) >= 11 is 7.02. The number of methoxy groups -OCH3 is 2. The second kappa shape index (κ2) is 10.3. The van der Waals surface area contributed by atoms with E-state index in [-0.39, 0.29) is 11.9 Å². The highest BCUT2D eigenvalue weighted by atomic mass is 32.2. The van der Waals surface area contributed by atoms with Crippen molar-refractivity contribution in [3.05, 3.63) is 65.2 Å². The van der Waals surface area contributed by atoms with Gasteiger partial charge < -0.3 is 9.47 Å². The molecule has 1 aromatic heterocycles. The zero-order valence-corrected chi connectivity index (χ0v) is 21.4. The van der Waals surface area contributed by atoms with Gasteiger partial charge in [-0.2, -0.15) is 5.10 Å². The third-order valence-electron chi connectivity index (χ3n) is 6.47. The number of carbonyl (C=O) groups is 1. The average molecular weight is 506 g/mol. The third-order valence-corrected chi connectivity index (χ3v) is 7.80. The maximum absolute atomic E-state index is 13.4. The molecule has 8 heteroatoms. The molecule has 3 aromatic rings. The molecule has 6 nitrogen and oxygen atoms in total. The van der Waals surface area contributed by atoms with E-state index in [1.807, 2.05) is 70.4 Å². The van der Waals surface area contributed by atoms with Gasteiger partial charge in [0.15, 0.2) is 11.5 Å². The lowest BCUT2D eigenvalue weighted by molar-refractivity contribution is -0.124. The van der Waals surface area contributed by atoms with Gasteiger partial charge in [0.05, 0.1) is 24.8 Å². The fourth-order valence-corrected chi connectivity index (χ4v) is 6.08. The number of carbonyl (C=O) groups excluding carboxylic acids is 1. The van der Waals surface area contributed by atoms with Gasteiger partial charge in [0.1, 0.15) is 10.0 Å². The lowest BCUT2D eigenvalue weighted by Gasteiger charge is -2.29. The first-order valence-electron chi connectivity index (χ1n) is 11.7. The molecule has 180 valence electrons. The number of hydrogen-bond acceptors (Lipinski definition) is 6. The lowest BCUT2D eigenvalue weighted by Crippen LogP contribution is -2.39. The Hall–Kier alpha value is -3.10. The van der Waals surface area contributed by atoms with Gasteiger partial charge in [0.25, 0.3) is 5.91 Å². The van der Waals surface area contributed by atoms with Gasteiger partial charge in [-0.15, -0.1) is 0 Å². The minimum atomic E-state index is -0.00220. The summed E-state index contributed by atoms with van der Waals surface area (Å²) in [6.07, 6.45) is 9.43. The predicted octanol–water partition coefficient (Wildman–Crippen LogP) is 6.09. The number of para-hydroxylation sites is 1. The van der Waals surface area contributed by atoms with E-state index in [1.54, 1.807) is 14.2 Å². The highest BCUT2D eigenvalue weighted by molar-refractivity contribution is 8.26. The normalized spacial score (nSPS) is 17.9. The van der Waals surface area contributed by atoms with E-state index in [0.29, 0.717) is 20.7 Å². The quantitative estimate of drug-likeness (QED) is 0.298. The van der Waals surface area contributed by atoms with Crippen molar-refractivity contribution in [1.29, 1.82) is 0 Å². The molecule has 1 amide bonds. The standard InChI is InChI=1S/C27H27N3O3S2/c1-32-22-14-13-18(15-23(22)33-2)25-19(17-29(28-25)20-9-5-3-6-10-20)16-24-26(31)30(27(34)35-24)21-11-7-4-8-12-21/h3,5-6,9-10,13-17,21H,4,7-8,11-12H2,1-2H3. The van der Waals surface area contributed by atoms with Crippen molar-refractivity contribution in [3.8, 4) is 28.4 Å². The van der Waals surface area contributed by atoms with Crippen LogP contribution in [0.5, 0.6) is 11.5 Å². The SMILES string of the molecule is COc1ccc(-c2nn(-c3ccccc3)cc2C=C2SC(=S)N(C3CCCCC3)C2=O)cc1OC. The molecule has 1 saturated carbocycles. The fourth-order valence-electron chi connectivity index (χ4n) is 4.69. The summed E-state index contributed by atoms with van der Waals surface area (Å²) < 4.78 is 13.4. The third kappa shape index (κ3) is 4.73. The molecular formula is C27H27N3O3S2. The topological polar surface area (TPSA) is 56.6 Å². The van der Waals surface area contributed by atoms with Crippen molar-refractivity contribution >= 4 is 40.3 Å². The van der Waals surface area contributed by atoms with Gasteiger partial charge in [-0.3, -0.25) is 9.69 Å². The molecule has 0 unspecified atom stereocenters. The van der Waals surface area contributed by atoms with Crippen LogP contribution in [0.1, 0.15) is 37.7 Å². The van der Waals surface area contributed by atoms with Crippen LogP contribution in [0, 0.1) is 0 Å². The maximum Gasteiger partial charge on any atom is 0.266 e. The Morgan fingerprint density at radius 3 is 2.49 bits per heavy atom. The second-order valence-electron chi connectivity index (χ2n) is 8.63. The van der Waals surface area contributed by atoms with Gasteiger partial charge in [-0.1, -0.05) is 61.4 Å². The lowest BCUT2D eigenvalue weighted by atomic mass is 9.94. The molecule has 2 heterocycles. The first-order valence-corrected chi connectivity index (χ1v) is 13.0. The van der Waals surface area contributed by atoms with Crippen LogP contribution in [0.3, 0.4) is 0 Å². The summed E-state index contributed by atoms with van der Waals surface area (Å²) in [6, 6.07) is 15.8. The molecule has 35 heavy (non-hydrogen) atoms. The molecular weight excluding hydrogens is 478 g/mol. The Kier molecular flexibility index (Phi) is 6.92. The number of benzene rings is 2. The summed E-state index contributed by atoms with van der Waals surface area (Å²) in [5, 5.41) is 4.89. The number of aromatic nitrogens is 2. The average Bonchev–Trinajstić information content (AvgIpc) is 3.44. The van der Waals surface area contributed by atoms with Gasteiger partial charge in [-0.25, -0.2) is 4.68 Å². The van der Waals surface area contributed by atoms with E-state index in [0.717, 1.165) is 48.2 Å². The van der Waals surface area contributed by atoms with Crippen LogP contribution in [-0.2, 0) is 4.79 Å². The minimum absolute atomic E-state index is 0.00220. The Morgan fingerprint density at radius 2 is 1.77 bits per heavy atom. The van der Waals surface area contributed by atoms with E-state index in [1.165, 1.54) is 18.2 Å². The minimum Gasteiger partial charge on any atom is -0.493 e. The Balaban J connectivity index is 1.56. The molecule has 1 aliphatic carbocycles. The molecule has 1 aliphatic heterocycles. The van der Waals surface area contributed by atoms with Crippen LogP contribution >= 0.6 is 24.0 Å². The van der Waals surface area contributed by atoms with Gasteiger partial charge >= 0.3 is 0 Å². The van der Waals surface area contributed by atoms with Gasteiger partial charge in [0.2, 0.25) is 0 Å². The van der Waals surface area contributed by atoms with Crippen LogP contribution in [0.2, 0.25) is 0 Å². The van der Waals surface area contributed by atoms with Crippen LogP contribution < -0.4 is 9.47 Å². The smallest absolute Gasteiger partial charge is 0.266 e. The van der Waals surface area contributed by atoms with Crippen LogP contribution in [-0.4, -0.2) is 45.2 Å². The summed E-state index contributed by atoms with van der Waals surface area (Å²) in [6.45, 7) is 0. The zero-order chi connectivity index (χ0) is 24.4. The highest BCUT2D eigenvalue weighted by Gasteiger charge is 2.37. The van der Waals surface area contributed by atoms with Crippen LogP contribution in [0.4, 0.5) is 0 Å². The molecule has 0 spiro atoms. The monoisotopic (exact) mass is 505 g/mol. The van der Waals surface area contributed by atoms with E-state index in [4.69, 9.17) is 26.8 Å². The van der Waals surface area contributed by atoms with E-state index >= 15 is 0 Å².